The Morgan fingerprint density at radius 2 is 1.85 bits per heavy atom. The minimum Gasteiger partial charge on any atom is -0.492 e. The fraction of sp³-hybridized carbons (Fsp3) is 0.412. The number of hydrogen-bond acceptors (Lipinski definition) is 7. The number of aromatic nitrogens is 3. The Bertz CT molecular complexity index is 859. The van der Waals surface area contributed by atoms with Crippen LogP contribution in [-0.2, 0) is 6.42 Å². The molecular formula is C17H21ClN4O3S. The summed E-state index contributed by atoms with van der Waals surface area (Å²) in [6, 6.07) is 6.96. The van der Waals surface area contributed by atoms with Crippen LogP contribution < -0.4 is 0 Å². The lowest BCUT2D eigenvalue weighted by Crippen LogP contribution is -2.34. The lowest BCUT2D eigenvalue weighted by molar-refractivity contribution is 0.136. The van der Waals surface area contributed by atoms with E-state index >= 15 is 0 Å². The number of benzene rings is 1. The van der Waals surface area contributed by atoms with Gasteiger partial charge in [0.1, 0.15) is 0 Å². The summed E-state index contributed by atoms with van der Waals surface area (Å²) in [6.45, 7) is 2.53. The van der Waals surface area contributed by atoms with E-state index in [1.54, 1.807) is 12.1 Å². The molecule has 9 heteroatoms. The summed E-state index contributed by atoms with van der Waals surface area (Å²) in [7, 11) is 0. The molecule has 3 rings (SSSR count). The SMILES string of the molecule is CCc1nc2sc(C(c3ccc(Cl)cc3)N(CCO)CCO)c(O)n2n1. The first-order valence-electron chi connectivity index (χ1n) is 8.37. The van der Waals surface area contributed by atoms with Gasteiger partial charge in [-0.1, -0.05) is 42.0 Å². The van der Waals surface area contributed by atoms with Crippen molar-refractivity contribution in [1.82, 2.24) is 19.5 Å². The molecule has 1 atom stereocenters. The number of aryl methyl sites for hydroxylation is 1. The quantitative estimate of drug-likeness (QED) is 0.539. The minimum absolute atomic E-state index is 0.0260. The number of hydrogen-bond donors (Lipinski definition) is 3. The van der Waals surface area contributed by atoms with Crippen LogP contribution in [-0.4, -0.2) is 61.1 Å². The second-order valence-electron chi connectivity index (χ2n) is 5.80. The zero-order valence-electron chi connectivity index (χ0n) is 14.3. The molecule has 1 aromatic carbocycles. The van der Waals surface area contributed by atoms with Crippen LogP contribution in [0.4, 0.5) is 0 Å². The first-order valence-corrected chi connectivity index (χ1v) is 9.57. The molecule has 0 aliphatic carbocycles. The van der Waals surface area contributed by atoms with Crippen LogP contribution in [0, 0.1) is 0 Å². The number of aromatic hydroxyl groups is 1. The predicted octanol–water partition coefficient (Wildman–Crippen LogP) is 2.09. The Balaban J connectivity index is 2.11. The number of aliphatic hydroxyl groups is 2. The van der Waals surface area contributed by atoms with Gasteiger partial charge in [0.25, 0.3) is 0 Å². The van der Waals surface area contributed by atoms with Crippen molar-refractivity contribution >= 4 is 27.9 Å². The molecule has 0 spiro atoms. The maximum Gasteiger partial charge on any atom is 0.230 e. The van der Waals surface area contributed by atoms with E-state index in [9.17, 15) is 15.3 Å². The van der Waals surface area contributed by atoms with Gasteiger partial charge in [-0.3, -0.25) is 4.90 Å². The molecule has 0 saturated heterocycles. The first kappa shape index (κ1) is 19.1. The maximum absolute atomic E-state index is 10.8. The Kier molecular flexibility index (Phi) is 6.10. The Labute approximate surface area is 160 Å². The summed E-state index contributed by atoms with van der Waals surface area (Å²) in [5.74, 6) is 0.696. The summed E-state index contributed by atoms with van der Waals surface area (Å²) in [4.78, 5) is 7.61. The average Bonchev–Trinajstić information content (AvgIpc) is 3.17. The summed E-state index contributed by atoms with van der Waals surface area (Å²) >= 11 is 7.36. The highest BCUT2D eigenvalue weighted by Gasteiger charge is 2.29. The third-order valence-corrected chi connectivity index (χ3v) is 5.46. The molecule has 0 fully saturated rings. The summed E-state index contributed by atoms with van der Waals surface area (Å²) in [6.07, 6.45) is 0.685. The van der Waals surface area contributed by atoms with E-state index in [-0.39, 0.29) is 25.1 Å². The summed E-state index contributed by atoms with van der Waals surface area (Å²) in [5, 5.41) is 34.6. The van der Waals surface area contributed by atoms with Gasteiger partial charge in [0, 0.05) is 24.5 Å². The molecule has 26 heavy (non-hydrogen) atoms. The van der Waals surface area contributed by atoms with E-state index in [4.69, 9.17) is 11.6 Å². The van der Waals surface area contributed by atoms with Crippen LogP contribution in [0.2, 0.25) is 5.02 Å². The third kappa shape index (κ3) is 3.70. The number of fused-ring (bicyclic) bond motifs is 1. The Hall–Kier alpha value is -1.71. The standard InChI is InChI=1S/C17H21ClN4O3S/c1-2-13-19-17-22(20-13)16(25)15(26-17)14(21(7-9-23)8-10-24)11-3-5-12(18)6-4-11/h3-6,14,23-25H,2,7-10H2,1H3. The fourth-order valence-corrected chi connectivity index (χ4v) is 4.18. The molecule has 3 aromatic rings. The highest BCUT2D eigenvalue weighted by atomic mass is 35.5. The monoisotopic (exact) mass is 396 g/mol. The topological polar surface area (TPSA) is 94.1 Å². The van der Waals surface area contributed by atoms with Crippen molar-refractivity contribution in [2.24, 2.45) is 0 Å². The molecule has 0 aliphatic rings. The highest BCUT2D eigenvalue weighted by molar-refractivity contribution is 7.17. The average molecular weight is 397 g/mol. The van der Waals surface area contributed by atoms with E-state index in [2.05, 4.69) is 10.1 Å². The molecule has 140 valence electrons. The predicted molar refractivity (Wildman–Crippen MR) is 101 cm³/mol. The molecule has 0 saturated carbocycles. The van der Waals surface area contributed by atoms with E-state index in [1.165, 1.54) is 15.9 Å². The van der Waals surface area contributed by atoms with Crippen LogP contribution in [0.25, 0.3) is 4.96 Å². The molecule has 0 aliphatic heterocycles. The Morgan fingerprint density at radius 3 is 2.38 bits per heavy atom. The highest BCUT2D eigenvalue weighted by Crippen LogP contribution is 2.40. The van der Waals surface area contributed by atoms with Crippen LogP contribution in [0.5, 0.6) is 5.88 Å². The first-order chi connectivity index (χ1) is 12.6. The van der Waals surface area contributed by atoms with Gasteiger partial charge < -0.3 is 15.3 Å². The number of rotatable bonds is 8. The van der Waals surface area contributed by atoms with Gasteiger partial charge in [-0.15, -0.1) is 5.10 Å². The lowest BCUT2D eigenvalue weighted by atomic mass is 10.0. The van der Waals surface area contributed by atoms with Crippen LogP contribution in [0.15, 0.2) is 24.3 Å². The van der Waals surface area contributed by atoms with Gasteiger partial charge in [0.2, 0.25) is 10.8 Å². The molecule has 2 heterocycles. The van der Waals surface area contributed by atoms with Crippen molar-refractivity contribution < 1.29 is 15.3 Å². The van der Waals surface area contributed by atoms with Gasteiger partial charge >= 0.3 is 0 Å². The van der Waals surface area contributed by atoms with Gasteiger partial charge in [-0.05, 0) is 17.7 Å². The van der Waals surface area contributed by atoms with Crippen molar-refractivity contribution in [3.05, 3.63) is 45.6 Å². The maximum atomic E-state index is 10.8. The lowest BCUT2D eigenvalue weighted by Gasteiger charge is -2.30. The minimum atomic E-state index is -0.356. The number of nitrogens with zero attached hydrogens (tertiary/aromatic N) is 4. The summed E-state index contributed by atoms with van der Waals surface area (Å²) < 4.78 is 1.44. The van der Waals surface area contributed by atoms with E-state index in [1.807, 2.05) is 24.0 Å². The van der Waals surface area contributed by atoms with Gasteiger partial charge in [-0.2, -0.15) is 4.52 Å². The molecule has 3 N–H and O–H groups in total. The molecule has 7 nitrogen and oxygen atoms in total. The number of halogens is 1. The third-order valence-electron chi connectivity index (χ3n) is 4.13. The van der Waals surface area contributed by atoms with E-state index in [0.29, 0.717) is 40.2 Å². The fourth-order valence-electron chi connectivity index (χ4n) is 2.92. The van der Waals surface area contributed by atoms with E-state index < -0.39 is 0 Å². The summed E-state index contributed by atoms with van der Waals surface area (Å²) in [5.41, 5.74) is 0.895. The molecule has 0 bridgehead atoms. The normalized spacial score (nSPS) is 13.0. The van der Waals surface area contributed by atoms with Crippen molar-refractivity contribution in [2.75, 3.05) is 26.3 Å². The second-order valence-corrected chi connectivity index (χ2v) is 7.25. The molecule has 2 aromatic heterocycles. The van der Waals surface area contributed by atoms with E-state index in [0.717, 1.165) is 5.56 Å². The van der Waals surface area contributed by atoms with Crippen molar-refractivity contribution in [2.45, 2.75) is 19.4 Å². The molecule has 0 radical (unpaired) electrons. The molecule has 0 amide bonds. The number of aliphatic hydroxyl groups excluding tert-OH is 2. The van der Waals surface area contributed by atoms with Crippen molar-refractivity contribution in [3.63, 3.8) is 0 Å². The zero-order chi connectivity index (χ0) is 18.7. The van der Waals surface area contributed by atoms with Crippen molar-refractivity contribution in [1.29, 1.82) is 0 Å². The largest absolute Gasteiger partial charge is 0.492 e. The molecule has 1 unspecified atom stereocenters. The van der Waals surface area contributed by atoms with Crippen LogP contribution in [0.3, 0.4) is 0 Å². The van der Waals surface area contributed by atoms with Gasteiger partial charge in [0.15, 0.2) is 5.82 Å². The second kappa shape index (κ2) is 8.32. The van der Waals surface area contributed by atoms with Crippen LogP contribution in [0.1, 0.15) is 29.2 Å². The van der Waals surface area contributed by atoms with Gasteiger partial charge in [-0.25, -0.2) is 4.98 Å². The zero-order valence-corrected chi connectivity index (χ0v) is 15.9. The van der Waals surface area contributed by atoms with Crippen LogP contribution >= 0.6 is 22.9 Å². The number of thiazole rings is 1. The van der Waals surface area contributed by atoms with Gasteiger partial charge in [0.05, 0.1) is 24.1 Å². The van der Waals surface area contributed by atoms with Crippen molar-refractivity contribution in [3.8, 4) is 5.88 Å². The smallest absolute Gasteiger partial charge is 0.230 e. The Morgan fingerprint density at radius 1 is 1.19 bits per heavy atom. The molecular weight excluding hydrogens is 376 g/mol.